The number of rotatable bonds is 1. The first-order valence-electron chi connectivity index (χ1n) is 3.51. The van der Waals surface area contributed by atoms with Crippen LogP contribution in [-0.2, 0) is 19.3 Å². The number of nitrogens with zero attached hydrogens (tertiary/aromatic N) is 1. The third-order valence-electron chi connectivity index (χ3n) is 1.62. The molecule has 1 aliphatic rings. The summed E-state index contributed by atoms with van der Waals surface area (Å²) in [7, 11) is -4.46. The number of hydrogen-bond acceptors (Lipinski definition) is 5. The Balaban J connectivity index is 3.09. The van der Waals surface area contributed by atoms with Gasteiger partial charge in [0.1, 0.15) is 0 Å². The summed E-state index contributed by atoms with van der Waals surface area (Å²) in [5.74, 6) is -1.51. The Morgan fingerprint density at radius 2 is 1.93 bits per heavy atom. The van der Waals surface area contributed by atoms with Crippen LogP contribution in [-0.4, -0.2) is 47.6 Å². The van der Waals surface area contributed by atoms with Gasteiger partial charge in [0.25, 0.3) is 0 Å². The van der Waals surface area contributed by atoms with E-state index in [4.69, 9.17) is 10.2 Å². The molecule has 0 saturated carbocycles. The molecular formula is C5H7NO7S. The van der Waals surface area contributed by atoms with Crippen LogP contribution in [0, 0.1) is 0 Å². The third-order valence-corrected chi connectivity index (χ3v) is 2.98. The smallest absolute Gasteiger partial charge is 0.423 e. The third kappa shape index (κ3) is 1.77. The Kier molecular flexibility index (Phi) is 2.62. The van der Waals surface area contributed by atoms with E-state index in [1.807, 2.05) is 0 Å². The van der Waals surface area contributed by atoms with Crippen molar-refractivity contribution in [3.8, 4) is 0 Å². The van der Waals surface area contributed by atoms with E-state index in [2.05, 4.69) is 4.18 Å². The lowest BCUT2D eigenvalue weighted by Crippen LogP contribution is -2.52. The molecule has 8 nitrogen and oxygen atoms in total. The molecule has 1 aliphatic heterocycles. The fraction of sp³-hybridized carbons (Fsp3) is 0.600. The topological polar surface area (TPSA) is 121 Å². The number of carbonyl (C=O) groups is 2. The van der Waals surface area contributed by atoms with E-state index < -0.39 is 28.4 Å². The number of amides is 1. The van der Waals surface area contributed by atoms with E-state index in [9.17, 15) is 18.0 Å². The van der Waals surface area contributed by atoms with Gasteiger partial charge in [-0.25, -0.2) is 9.59 Å². The Morgan fingerprint density at radius 3 is 2.29 bits per heavy atom. The quantitative estimate of drug-likeness (QED) is 0.592. The number of carboxylic acid groups (broad SMARTS) is 2. The van der Waals surface area contributed by atoms with Crippen LogP contribution in [0.15, 0.2) is 0 Å². The lowest BCUT2D eigenvalue weighted by atomic mass is 10.2. The van der Waals surface area contributed by atoms with Crippen molar-refractivity contribution in [1.82, 2.24) is 4.31 Å². The number of carboxylic acids is 1. The molecule has 0 aromatic rings. The van der Waals surface area contributed by atoms with Gasteiger partial charge in [-0.15, -0.1) is 0 Å². The second-order valence-electron chi connectivity index (χ2n) is 2.50. The zero-order valence-corrected chi connectivity index (χ0v) is 7.60. The molecule has 1 amide bonds. The Hall–Kier alpha value is -1.35. The maximum absolute atomic E-state index is 11.0. The summed E-state index contributed by atoms with van der Waals surface area (Å²) >= 11 is 0. The van der Waals surface area contributed by atoms with Gasteiger partial charge in [-0.3, -0.25) is 4.18 Å². The standard InChI is InChI=1S/C5H7NO7S/c7-4(8)3-1-2-13-14(11,12)6(3)5(9)10/h3H,1-2H2,(H,7,8)(H,9,10)/t3-/m1/s1. The van der Waals surface area contributed by atoms with E-state index in [1.165, 1.54) is 0 Å². The second kappa shape index (κ2) is 3.42. The highest BCUT2D eigenvalue weighted by molar-refractivity contribution is 7.85. The summed E-state index contributed by atoms with van der Waals surface area (Å²) in [6.45, 7) is -0.330. The summed E-state index contributed by atoms with van der Waals surface area (Å²) in [6, 6.07) is -1.61. The monoisotopic (exact) mass is 225 g/mol. The van der Waals surface area contributed by atoms with E-state index in [0.717, 1.165) is 0 Å². The van der Waals surface area contributed by atoms with E-state index >= 15 is 0 Å². The summed E-state index contributed by atoms with van der Waals surface area (Å²) < 4.78 is 26.0. The molecule has 80 valence electrons. The largest absolute Gasteiger partial charge is 0.480 e. The van der Waals surface area contributed by atoms with Crippen LogP contribution in [0.4, 0.5) is 4.79 Å². The zero-order valence-electron chi connectivity index (χ0n) is 6.78. The average Bonchev–Trinajstić information content (AvgIpc) is 2.00. The predicted molar refractivity (Wildman–Crippen MR) is 40.8 cm³/mol. The van der Waals surface area contributed by atoms with Crippen LogP contribution in [0.2, 0.25) is 0 Å². The van der Waals surface area contributed by atoms with Gasteiger partial charge in [0, 0.05) is 6.42 Å². The zero-order chi connectivity index (χ0) is 10.9. The molecule has 1 saturated heterocycles. The van der Waals surface area contributed by atoms with Crippen LogP contribution < -0.4 is 0 Å². The van der Waals surface area contributed by atoms with Crippen molar-refractivity contribution in [2.24, 2.45) is 0 Å². The Morgan fingerprint density at radius 1 is 1.36 bits per heavy atom. The molecule has 1 rings (SSSR count). The first kappa shape index (κ1) is 10.7. The first-order valence-corrected chi connectivity index (χ1v) is 4.87. The van der Waals surface area contributed by atoms with Crippen LogP contribution >= 0.6 is 0 Å². The fourth-order valence-electron chi connectivity index (χ4n) is 1.05. The lowest BCUT2D eigenvalue weighted by Gasteiger charge is -2.28. The van der Waals surface area contributed by atoms with Crippen molar-refractivity contribution in [2.45, 2.75) is 12.5 Å². The van der Waals surface area contributed by atoms with E-state index in [0.29, 0.717) is 0 Å². The van der Waals surface area contributed by atoms with Crippen LogP contribution in [0.3, 0.4) is 0 Å². The highest BCUT2D eigenvalue weighted by Crippen LogP contribution is 2.19. The average molecular weight is 225 g/mol. The van der Waals surface area contributed by atoms with E-state index in [-0.39, 0.29) is 17.3 Å². The summed E-state index contributed by atoms with van der Waals surface area (Å²) in [5, 5.41) is 17.1. The molecule has 0 bridgehead atoms. The highest BCUT2D eigenvalue weighted by atomic mass is 32.2. The van der Waals surface area contributed by atoms with Crippen LogP contribution in [0.25, 0.3) is 0 Å². The maximum atomic E-state index is 11.0. The van der Waals surface area contributed by atoms with Crippen molar-refractivity contribution in [3.05, 3.63) is 0 Å². The van der Waals surface area contributed by atoms with Crippen molar-refractivity contribution >= 4 is 22.4 Å². The van der Waals surface area contributed by atoms with Gasteiger partial charge in [0.15, 0.2) is 6.04 Å². The molecule has 14 heavy (non-hydrogen) atoms. The Labute approximate surface area is 78.9 Å². The minimum atomic E-state index is -4.46. The Bertz CT molecular complexity index is 360. The van der Waals surface area contributed by atoms with Gasteiger partial charge in [-0.1, -0.05) is 0 Å². The van der Waals surface area contributed by atoms with Gasteiger partial charge < -0.3 is 10.2 Å². The predicted octanol–water partition coefficient (Wildman–Crippen LogP) is -0.915. The van der Waals surface area contributed by atoms with Gasteiger partial charge in [0.05, 0.1) is 6.61 Å². The molecule has 1 heterocycles. The van der Waals surface area contributed by atoms with Gasteiger partial charge in [0.2, 0.25) is 0 Å². The second-order valence-corrected chi connectivity index (χ2v) is 3.99. The summed E-state index contributed by atoms with van der Waals surface area (Å²) in [4.78, 5) is 21.0. The maximum Gasteiger partial charge on any atom is 0.423 e. The first-order chi connectivity index (χ1) is 6.36. The normalized spacial score (nSPS) is 25.7. The highest BCUT2D eigenvalue weighted by Gasteiger charge is 2.43. The van der Waals surface area contributed by atoms with Crippen molar-refractivity contribution in [1.29, 1.82) is 0 Å². The molecule has 2 N–H and O–H groups in total. The fourth-order valence-corrected chi connectivity index (χ4v) is 2.17. The van der Waals surface area contributed by atoms with Crippen LogP contribution in [0.5, 0.6) is 0 Å². The molecule has 0 unspecified atom stereocenters. The molecule has 0 aromatic heterocycles. The summed E-state index contributed by atoms with van der Waals surface area (Å²) in [6.07, 6.45) is -2.06. The van der Waals surface area contributed by atoms with Crippen LogP contribution in [0.1, 0.15) is 6.42 Å². The molecule has 1 fully saturated rings. The molecule has 1 atom stereocenters. The molecule has 0 spiro atoms. The SMILES string of the molecule is O=C(O)[C@H]1CCOS(=O)(=O)N1C(=O)O. The molecule has 0 radical (unpaired) electrons. The number of aliphatic carboxylic acids is 1. The minimum Gasteiger partial charge on any atom is -0.480 e. The minimum absolute atomic E-state index is 0.194. The lowest BCUT2D eigenvalue weighted by molar-refractivity contribution is -0.142. The van der Waals surface area contributed by atoms with Crippen molar-refractivity contribution < 1.29 is 32.4 Å². The molecule has 9 heteroatoms. The van der Waals surface area contributed by atoms with Crippen molar-refractivity contribution in [2.75, 3.05) is 6.61 Å². The van der Waals surface area contributed by atoms with Gasteiger partial charge in [-0.2, -0.15) is 12.7 Å². The summed E-state index contributed by atoms with van der Waals surface area (Å²) in [5.41, 5.74) is 0. The number of hydrogen-bond donors (Lipinski definition) is 2. The van der Waals surface area contributed by atoms with Gasteiger partial charge in [-0.05, 0) is 0 Å². The molecule has 0 aromatic carbocycles. The molecule has 0 aliphatic carbocycles. The van der Waals surface area contributed by atoms with Gasteiger partial charge >= 0.3 is 22.4 Å². The van der Waals surface area contributed by atoms with Crippen molar-refractivity contribution in [3.63, 3.8) is 0 Å². The molecular weight excluding hydrogens is 218 g/mol. The van der Waals surface area contributed by atoms with E-state index in [1.54, 1.807) is 0 Å².